The van der Waals surface area contributed by atoms with Crippen molar-refractivity contribution in [3.63, 3.8) is 0 Å². The van der Waals surface area contributed by atoms with Crippen molar-refractivity contribution in [2.45, 2.75) is 57.9 Å². The monoisotopic (exact) mass is 208 g/mol. The molecule has 4 aliphatic carbocycles. The van der Waals surface area contributed by atoms with E-state index >= 15 is 0 Å². The number of hydrogen-bond donors (Lipinski definition) is 2. The lowest BCUT2D eigenvalue weighted by Crippen LogP contribution is -2.49. The van der Waals surface area contributed by atoms with E-state index in [1.165, 1.54) is 25.7 Å². The Labute approximate surface area is 93.0 Å². The van der Waals surface area contributed by atoms with Crippen LogP contribution in [-0.4, -0.2) is 6.04 Å². The molecule has 86 valence electrons. The Morgan fingerprint density at radius 3 is 2.00 bits per heavy atom. The Balaban J connectivity index is 1.75. The number of rotatable bonds is 3. The van der Waals surface area contributed by atoms with E-state index in [1.54, 1.807) is 19.3 Å². The lowest BCUT2D eigenvalue weighted by Gasteiger charge is -2.57. The van der Waals surface area contributed by atoms with Crippen LogP contribution < -0.4 is 11.3 Å². The molecule has 2 nitrogen and oxygen atoms in total. The molecule has 4 saturated carbocycles. The van der Waals surface area contributed by atoms with Crippen molar-refractivity contribution < 1.29 is 0 Å². The molecular weight excluding hydrogens is 184 g/mol. The summed E-state index contributed by atoms with van der Waals surface area (Å²) in [5.74, 6) is 8.76. The van der Waals surface area contributed by atoms with Crippen molar-refractivity contribution in [2.24, 2.45) is 29.0 Å². The van der Waals surface area contributed by atoms with Crippen LogP contribution in [0.2, 0.25) is 0 Å². The van der Waals surface area contributed by atoms with E-state index in [9.17, 15) is 0 Å². The van der Waals surface area contributed by atoms with Gasteiger partial charge in [-0.25, -0.2) is 0 Å². The highest BCUT2D eigenvalue weighted by Crippen LogP contribution is 2.61. The van der Waals surface area contributed by atoms with Gasteiger partial charge in [0, 0.05) is 6.04 Å². The third-order valence-electron chi connectivity index (χ3n) is 5.19. The molecule has 0 saturated heterocycles. The third kappa shape index (κ3) is 1.72. The average molecular weight is 208 g/mol. The smallest absolute Gasteiger partial charge is 0.0187 e. The summed E-state index contributed by atoms with van der Waals surface area (Å²) in [6, 6.07) is 0.501. The molecule has 4 fully saturated rings. The second kappa shape index (κ2) is 3.46. The molecule has 15 heavy (non-hydrogen) atoms. The van der Waals surface area contributed by atoms with Gasteiger partial charge in [0.05, 0.1) is 0 Å². The van der Waals surface area contributed by atoms with Gasteiger partial charge >= 0.3 is 0 Å². The maximum absolute atomic E-state index is 5.55. The molecular formula is C13H24N2. The SMILES string of the molecule is CC(CC12CC3CC(CC(C3)C1)C2)NN. The molecule has 3 N–H and O–H groups in total. The van der Waals surface area contributed by atoms with Crippen molar-refractivity contribution in [2.75, 3.05) is 0 Å². The fraction of sp³-hybridized carbons (Fsp3) is 1.00. The molecule has 0 aromatic heterocycles. The van der Waals surface area contributed by atoms with Crippen molar-refractivity contribution in [1.82, 2.24) is 5.43 Å². The van der Waals surface area contributed by atoms with Crippen molar-refractivity contribution >= 4 is 0 Å². The topological polar surface area (TPSA) is 38.0 Å². The fourth-order valence-corrected chi connectivity index (χ4v) is 5.25. The van der Waals surface area contributed by atoms with Crippen LogP contribution in [0.25, 0.3) is 0 Å². The molecule has 0 aromatic rings. The van der Waals surface area contributed by atoms with E-state index in [0.717, 1.165) is 17.8 Å². The summed E-state index contributed by atoms with van der Waals surface area (Å²) in [6.45, 7) is 2.23. The van der Waals surface area contributed by atoms with Crippen LogP contribution in [-0.2, 0) is 0 Å². The normalized spacial score (nSPS) is 49.6. The lowest BCUT2D eigenvalue weighted by atomic mass is 9.48. The van der Waals surface area contributed by atoms with Crippen LogP contribution in [0.1, 0.15) is 51.9 Å². The first-order valence-corrected chi connectivity index (χ1v) is 6.65. The van der Waals surface area contributed by atoms with Gasteiger partial charge in [0.2, 0.25) is 0 Å². The van der Waals surface area contributed by atoms with Gasteiger partial charge in [0.25, 0.3) is 0 Å². The molecule has 4 rings (SSSR count). The Morgan fingerprint density at radius 2 is 1.60 bits per heavy atom. The molecule has 0 aromatic carbocycles. The summed E-state index contributed by atoms with van der Waals surface area (Å²) in [6.07, 6.45) is 10.5. The van der Waals surface area contributed by atoms with Crippen LogP contribution in [0.3, 0.4) is 0 Å². The highest BCUT2D eigenvalue weighted by molar-refractivity contribution is 5.02. The fourth-order valence-electron chi connectivity index (χ4n) is 5.25. The maximum atomic E-state index is 5.55. The zero-order valence-corrected chi connectivity index (χ0v) is 9.84. The van der Waals surface area contributed by atoms with Gasteiger partial charge in [-0.1, -0.05) is 0 Å². The van der Waals surface area contributed by atoms with Crippen LogP contribution in [0, 0.1) is 23.2 Å². The molecule has 0 amide bonds. The van der Waals surface area contributed by atoms with Gasteiger partial charge in [-0.2, -0.15) is 0 Å². The van der Waals surface area contributed by atoms with Crippen LogP contribution in [0.15, 0.2) is 0 Å². The van der Waals surface area contributed by atoms with Gasteiger partial charge in [0.1, 0.15) is 0 Å². The first-order chi connectivity index (χ1) is 7.19. The molecule has 2 heteroatoms. The Kier molecular flexibility index (Phi) is 2.33. The zero-order valence-electron chi connectivity index (χ0n) is 9.84. The van der Waals surface area contributed by atoms with Gasteiger partial charge < -0.3 is 0 Å². The predicted octanol–water partition coefficient (Wildman–Crippen LogP) is 2.44. The van der Waals surface area contributed by atoms with E-state index in [0.29, 0.717) is 11.5 Å². The van der Waals surface area contributed by atoms with E-state index in [-0.39, 0.29) is 0 Å². The van der Waals surface area contributed by atoms with Gasteiger partial charge in [0.15, 0.2) is 0 Å². The summed E-state index contributed by atoms with van der Waals surface area (Å²) >= 11 is 0. The van der Waals surface area contributed by atoms with Gasteiger partial charge in [-0.15, -0.1) is 0 Å². The number of hydrogen-bond acceptors (Lipinski definition) is 2. The minimum Gasteiger partial charge on any atom is -0.271 e. The van der Waals surface area contributed by atoms with Crippen molar-refractivity contribution in [3.05, 3.63) is 0 Å². The standard InChI is InChI=1S/C13H24N2/c1-9(15-14)5-13-6-10-2-11(7-13)4-12(3-10)8-13/h9-12,15H,2-8,14H2,1H3. The molecule has 1 unspecified atom stereocenters. The van der Waals surface area contributed by atoms with E-state index in [2.05, 4.69) is 12.3 Å². The highest BCUT2D eigenvalue weighted by atomic mass is 15.2. The summed E-state index contributed by atoms with van der Waals surface area (Å²) in [7, 11) is 0. The quantitative estimate of drug-likeness (QED) is 0.552. The highest BCUT2D eigenvalue weighted by Gasteiger charge is 2.50. The van der Waals surface area contributed by atoms with Crippen LogP contribution >= 0.6 is 0 Å². The third-order valence-corrected chi connectivity index (χ3v) is 5.19. The van der Waals surface area contributed by atoms with Crippen LogP contribution in [0.4, 0.5) is 0 Å². The molecule has 0 aliphatic heterocycles. The molecule has 1 atom stereocenters. The Bertz CT molecular complexity index is 214. The van der Waals surface area contributed by atoms with Crippen molar-refractivity contribution in [3.8, 4) is 0 Å². The zero-order chi connectivity index (χ0) is 10.5. The van der Waals surface area contributed by atoms with E-state index < -0.39 is 0 Å². The second-order valence-corrected chi connectivity index (χ2v) is 6.69. The summed E-state index contributed by atoms with van der Waals surface area (Å²) < 4.78 is 0. The average Bonchev–Trinajstić information content (AvgIpc) is 2.14. The minimum absolute atomic E-state index is 0.501. The summed E-state index contributed by atoms with van der Waals surface area (Å²) in [5, 5.41) is 0. The first kappa shape index (κ1) is 10.1. The largest absolute Gasteiger partial charge is 0.271 e. The second-order valence-electron chi connectivity index (χ2n) is 6.69. The van der Waals surface area contributed by atoms with Gasteiger partial charge in [-0.05, 0) is 75.0 Å². The molecule has 0 heterocycles. The lowest BCUT2D eigenvalue weighted by molar-refractivity contribution is -0.0611. The molecule has 4 aliphatic rings. The molecule has 4 bridgehead atoms. The Morgan fingerprint density at radius 1 is 1.13 bits per heavy atom. The maximum Gasteiger partial charge on any atom is 0.0187 e. The first-order valence-electron chi connectivity index (χ1n) is 6.65. The number of nitrogens with two attached hydrogens (primary N) is 1. The summed E-state index contributed by atoms with van der Waals surface area (Å²) in [4.78, 5) is 0. The minimum atomic E-state index is 0.501. The van der Waals surface area contributed by atoms with E-state index in [1.807, 2.05) is 0 Å². The van der Waals surface area contributed by atoms with Gasteiger partial charge in [-0.3, -0.25) is 11.3 Å². The van der Waals surface area contributed by atoms with Crippen LogP contribution in [0.5, 0.6) is 0 Å². The molecule has 0 spiro atoms. The van der Waals surface area contributed by atoms with E-state index in [4.69, 9.17) is 5.84 Å². The number of hydrazine groups is 1. The molecule has 0 radical (unpaired) electrons. The predicted molar refractivity (Wildman–Crippen MR) is 62.0 cm³/mol. The number of nitrogens with one attached hydrogen (secondary N) is 1. The van der Waals surface area contributed by atoms with Crippen molar-refractivity contribution in [1.29, 1.82) is 0 Å². The Hall–Kier alpha value is -0.0800. The summed E-state index contributed by atoms with van der Waals surface area (Å²) in [5.41, 5.74) is 3.62.